The molecule has 0 aliphatic carbocycles. The van der Waals surface area contributed by atoms with Gasteiger partial charge in [0.15, 0.2) is 0 Å². The minimum absolute atomic E-state index is 0.233. The Bertz CT molecular complexity index is 629. The summed E-state index contributed by atoms with van der Waals surface area (Å²) in [6, 6.07) is 12.8. The summed E-state index contributed by atoms with van der Waals surface area (Å²) in [5, 5.41) is 0.751. The molecular formula is C20H25ClN2O2. The van der Waals surface area contributed by atoms with Gasteiger partial charge in [0.05, 0.1) is 10.7 Å². The number of rotatable bonds is 5. The number of pyridine rings is 1. The maximum absolute atomic E-state index is 9.44. The van der Waals surface area contributed by atoms with Gasteiger partial charge in [-0.15, -0.1) is 0 Å². The molecule has 0 unspecified atom stereocenters. The molecule has 0 N–H and O–H groups in total. The van der Waals surface area contributed by atoms with Gasteiger partial charge in [-0.05, 0) is 37.3 Å². The summed E-state index contributed by atoms with van der Waals surface area (Å²) in [7, 11) is 0. The number of carbonyl (C=O) groups excluding carboxylic acids is 1. The molecule has 0 amide bonds. The molecule has 4 nitrogen and oxygen atoms in total. The number of hydrogen-bond donors (Lipinski definition) is 0. The minimum Gasteiger partial charge on any atom is -0.374 e. The Morgan fingerprint density at radius 2 is 1.96 bits per heavy atom. The monoisotopic (exact) mass is 360 g/mol. The van der Waals surface area contributed by atoms with Gasteiger partial charge in [0.2, 0.25) is 0 Å². The highest BCUT2D eigenvalue weighted by Gasteiger charge is 2.21. The van der Waals surface area contributed by atoms with Crippen LogP contribution in [-0.2, 0) is 9.53 Å². The van der Waals surface area contributed by atoms with Crippen LogP contribution in [0.2, 0.25) is 5.02 Å². The van der Waals surface area contributed by atoms with Gasteiger partial charge in [-0.25, -0.2) is 0 Å². The highest BCUT2D eigenvalue weighted by molar-refractivity contribution is 6.33. The lowest BCUT2D eigenvalue weighted by Gasteiger charge is -2.34. The van der Waals surface area contributed by atoms with Crippen molar-refractivity contribution >= 4 is 23.6 Å². The van der Waals surface area contributed by atoms with E-state index in [2.05, 4.69) is 45.0 Å². The lowest BCUT2D eigenvalue weighted by Crippen LogP contribution is -2.33. The van der Waals surface area contributed by atoms with E-state index in [0.717, 1.165) is 30.1 Å². The summed E-state index contributed by atoms with van der Waals surface area (Å²) in [6.07, 6.45) is 6.64. The average molecular weight is 361 g/mol. The number of hydrogen-bond acceptors (Lipinski definition) is 4. The first kappa shape index (κ1) is 19.4. The third-order valence-corrected chi connectivity index (χ3v) is 4.54. The molecule has 1 saturated heterocycles. The van der Waals surface area contributed by atoms with Crippen LogP contribution < -0.4 is 4.90 Å². The second kappa shape index (κ2) is 10.9. The molecular weight excluding hydrogens is 336 g/mol. The fraction of sp³-hybridized carbons (Fsp3) is 0.400. The Morgan fingerprint density at radius 1 is 1.24 bits per heavy atom. The van der Waals surface area contributed by atoms with Crippen LogP contribution in [0.1, 0.15) is 31.2 Å². The molecule has 0 atom stereocenters. The Morgan fingerprint density at radius 3 is 2.52 bits per heavy atom. The smallest absolute Gasteiger partial charge is 0.145 e. The minimum atomic E-state index is 0.233. The van der Waals surface area contributed by atoms with Crippen molar-refractivity contribution in [3.63, 3.8) is 0 Å². The number of anilines is 1. The van der Waals surface area contributed by atoms with Crippen molar-refractivity contribution in [1.29, 1.82) is 0 Å². The Kier molecular flexibility index (Phi) is 8.43. The van der Waals surface area contributed by atoms with Gasteiger partial charge in [-0.1, -0.05) is 41.9 Å². The van der Waals surface area contributed by atoms with Crippen LogP contribution in [0.3, 0.4) is 0 Å². The van der Waals surface area contributed by atoms with Crippen molar-refractivity contribution in [2.45, 2.75) is 25.7 Å². The van der Waals surface area contributed by atoms with Crippen LogP contribution >= 0.6 is 11.6 Å². The fourth-order valence-corrected chi connectivity index (χ4v) is 3.21. The molecule has 1 aromatic carbocycles. The van der Waals surface area contributed by atoms with E-state index in [0.29, 0.717) is 12.5 Å². The van der Waals surface area contributed by atoms with Gasteiger partial charge in [0.25, 0.3) is 0 Å². The molecule has 5 heteroatoms. The van der Waals surface area contributed by atoms with E-state index >= 15 is 0 Å². The van der Waals surface area contributed by atoms with Gasteiger partial charge >= 0.3 is 0 Å². The molecule has 1 aliphatic heterocycles. The normalized spacial score (nSPS) is 14.6. The molecule has 25 heavy (non-hydrogen) atoms. The molecule has 2 aromatic rings. The highest BCUT2D eigenvalue weighted by atomic mass is 35.5. The van der Waals surface area contributed by atoms with Crippen LogP contribution in [0.15, 0.2) is 48.8 Å². The van der Waals surface area contributed by atoms with Crippen LogP contribution in [0, 0.1) is 0 Å². The van der Waals surface area contributed by atoms with Crippen molar-refractivity contribution in [3.05, 3.63) is 59.4 Å². The van der Waals surface area contributed by atoms with Gasteiger partial charge in [0, 0.05) is 32.1 Å². The number of halogens is 1. The van der Waals surface area contributed by atoms with Crippen LogP contribution in [0.5, 0.6) is 0 Å². The topological polar surface area (TPSA) is 42.4 Å². The fourth-order valence-electron chi connectivity index (χ4n) is 2.97. The van der Waals surface area contributed by atoms with E-state index in [1.54, 1.807) is 6.20 Å². The molecule has 3 rings (SSSR count). The maximum atomic E-state index is 9.44. The van der Waals surface area contributed by atoms with Crippen molar-refractivity contribution in [1.82, 2.24) is 4.98 Å². The van der Waals surface area contributed by atoms with Crippen molar-refractivity contribution in [2.24, 2.45) is 0 Å². The van der Waals surface area contributed by atoms with Crippen molar-refractivity contribution < 1.29 is 9.53 Å². The van der Waals surface area contributed by atoms with Crippen LogP contribution in [0.25, 0.3) is 0 Å². The highest BCUT2D eigenvalue weighted by Crippen LogP contribution is 2.32. The van der Waals surface area contributed by atoms with E-state index in [1.165, 1.54) is 18.4 Å². The zero-order chi connectivity index (χ0) is 17.9. The first-order valence-corrected chi connectivity index (χ1v) is 9.04. The summed E-state index contributed by atoms with van der Waals surface area (Å²) in [6.45, 7) is 4.82. The molecule has 2 heterocycles. The standard InChI is InChI=1S/C16H17ClN2.C4H8O2/c17-15-12-18-9-6-16(15)19-10-7-14(8-11-19)13-4-2-1-3-5-13;1-2-6-4-3-5/h1-6,9,12,14H,7-8,10-11H2;3H,2,4H2,1H3. The summed E-state index contributed by atoms with van der Waals surface area (Å²) in [4.78, 5) is 15.8. The van der Waals surface area contributed by atoms with E-state index < -0.39 is 0 Å². The Balaban J connectivity index is 0.000000326. The Hall–Kier alpha value is -1.91. The molecule has 0 bridgehead atoms. The molecule has 0 spiro atoms. The van der Waals surface area contributed by atoms with Crippen LogP contribution in [0.4, 0.5) is 5.69 Å². The third kappa shape index (κ3) is 6.15. The third-order valence-electron chi connectivity index (χ3n) is 4.25. The molecule has 0 saturated carbocycles. The van der Waals surface area contributed by atoms with Crippen LogP contribution in [-0.4, -0.2) is 37.6 Å². The average Bonchev–Trinajstić information content (AvgIpc) is 2.68. The first-order valence-electron chi connectivity index (χ1n) is 8.67. The van der Waals surface area contributed by atoms with Gasteiger partial charge in [0.1, 0.15) is 12.9 Å². The zero-order valence-corrected chi connectivity index (χ0v) is 15.4. The lowest BCUT2D eigenvalue weighted by molar-refractivity contribution is -0.111. The summed E-state index contributed by atoms with van der Waals surface area (Å²) in [5.74, 6) is 0.679. The molecule has 0 radical (unpaired) electrons. The van der Waals surface area contributed by atoms with Crippen molar-refractivity contribution in [2.75, 3.05) is 31.2 Å². The second-order valence-electron chi connectivity index (χ2n) is 5.83. The van der Waals surface area contributed by atoms with Gasteiger partial charge in [-0.2, -0.15) is 0 Å². The van der Waals surface area contributed by atoms with E-state index in [1.807, 2.05) is 19.2 Å². The second-order valence-corrected chi connectivity index (χ2v) is 6.23. The molecule has 1 fully saturated rings. The molecule has 1 aliphatic rings. The molecule has 134 valence electrons. The number of nitrogens with zero attached hydrogens (tertiary/aromatic N) is 2. The summed E-state index contributed by atoms with van der Waals surface area (Å²) in [5.41, 5.74) is 2.58. The summed E-state index contributed by atoms with van der Waals surface area (Å²) >= 11 is 6.21. The summed E-state index contributed by atoms with van der Waals surface area (Å²) < 4.78 is 4.61. The number of aromatic nitrogens is 1. The predicted octanol–water partition coefficient (Wildman–Crippen LogP) is 4.34. The molecule has 1 aromatic heterocycles. The number of aldehydes is 1. The van der Waals surface area contributed by atoms with E-state index in [9.17, 15) is 4.79 Å². The zero-order valence-electron chi connectivity index (χ0n) is 14.6. The SMILES string of the molecule is CCOCC=O.Clc1cnccc1N1CCC(c2ccccc2)CC1. The number of benzene rings is 1. The predicted molar refractivity (Wildman–Crippen MR) is 102 cm³/mol. The van der Waals surface area contributed by atoms with E-state index in [4.69, 9.17) is 11.6 Å². The number of carbonyl (C=O) groups is 1. The van der Waals surface area contributed by atoms with Gasteiger partial charge in [-0.3, -0.25) is 4.98 Å². The quantitative estimate of drug-likeness (QED) is 0.587. The maximum Gasteiger partial charge on any atom is 0.145 e. The number of piperidine rings is 1. The van der Waals surface area contributed by atoms with Gasteiger partial charge < -0.3 is 14.4 Å². The van der Waals surface area contributed by atoms with E-state index in [-0.39, 0.29) is 6.61 Å². The lowest BCUT2D eigenvalue weighted by atomic mass is 9.89. The number of ether oxygens (including phenoxy) is 1. The Labute approximate surface area is 154 Å². The largest absolute Gasteiger partial charge is 0.374 e. The van der Waals surface area contributed by atoms with Crippen molar-refractivity contribution in [3.8, 4) is 0 Å². The first-order chi connectivity index (χ1) is 12.3.